The summed E-state index contributed by atoms with van der Waals surface area (Å²) in [6.45, 7) is 2.20. The molecule has 6 nitrogen and oxygen atoms in total. The van der Waals surface area contributed by atoms with Crippen molar-refractivity contribution in [2.24, 2.45) is 7.05 Å². The molecule has 27 heavy (non-hydrogen) atoms. The molecular weight excluding hydrogens is 338 g/mol. The Kier molecular flexibility index (Phi) is 5.98. The molecule has 0 radical (unpaired) electrons. The predicted octanol–water partition coefficient (Wildman–Crippen LogP) is 2.71. The molecule has 0 aliphatic carbocycles. The van der Waals surface area contributed by atoms with E-state index in [1.165, 1.54) is 0 Å². The first kappa shape index (κ1) is 18.8. The van der Waals surface area contributed by atoms with Gasteiger partial charge in [0.05, 0.1) is 18.6 Å². The Hall–Kier alpha value is -2.99. The molecule has 0 bridgehead atoms. The van der Waals surface area contributed by atoms with Crippen molar-refractivity contribution < 1.29 is 4.79 Å². The van der Waals surface area contributed by atoms with Gasteiger partial charge in [0.25, 0.3) is 0 Å². The van der Waals surface area contributed by atoms with Gasteiger partial charge in [0.2, 0.25) is 5.91 Å². The fourth-order valence-corrected chi connectivity index (χ4v) is 3.19. The average Bonchev–Trinajstić information content (AvgIpc) is 3.13. The van der Waals surface area contributed by atoms with E-state index in [0.29, 0.717) is 0 Å². The Labute approximate surface area is 159 Å². The smallest absolute Gasteiger partial charge is 0.237 e. The third kappa shape index (κ3) is 4.41. The summed E-state index contributed by atoms with van der Waals surface area (Å²) < 4.78 is 1.85. The van der Waals surface area contributed by atoms with Crippen LogP contribution < -0.4 is 5.32 Å². The van der Waals surface area contributed by atoms with Crippen LogP contribution in [-0.2, 0) is 11.8 Å². The number of nitrogens with one attached hydrogen (secondary N) is 1. The number of aromatic nitrogens is 3. The molecule has 1 unspecified atom stereocenters. The molecule has 3 aromatic rings. The second-order valence-corrected chi connectivity index (χ2v) is 6.63. The number of likely N-dealkylation sites (N-methyl/N-ethyl adjacent to an activating group) is 1. The van der Waals surface area contributed by atoms with Gasteiger partial charge in [-0.2, -0.15) is 0 Å². The number of benzene rings is 2. The van der Waals surface area contributed by atoms with Crippen LogP contribution in [-0.4, -0.2) is 39.2 Å². The van der Waals surface area contributed by atoms with Crippen molar-refractivity contribution in [1.29, 1.82) is 0 Å². The third-order valence-corrected chi connectivity index (χ3v) is 4.70. The van der Waals surface area contributed by atoms with E-state index in [0.717, 1.165) is 17.0 Å². The van der Waals surface area contributed by atoms with Gasteiger partial charge in [0.15, 0.2) is 0 Å². The first-order chi connectivity index (χ1) is 13.1. The minimum Gasteiger partial charge on any atom is -0.334 e. The van der Waals surface area contributed by atoms with Gasteiger partial charge in [-0.05, 0) is 18.1 Å². The maximum Gasteiger partial charge on any atom is 0.237 e. The van der Waals surface area contributed by atoms with Crippen LogP contribution in [0.5, 0.6) is 0 Å². The molecule has 1 atom stereocenters. The van der Waals surface area contributed by atoms with E-state index in [1.54, 1.807) is 11.2 Å². The lowest BCUT2D eigenvalue weighted by Crippen LogP contribution is -2.39. The summed E-state index contributed by atoms with van der Waals surface area (Å²) in [6.07, 6.45) is 1.66. The molecule has 2 aromatic carbocycles. The van der Waals surface area contributed by atoms with Crippen LogP contribution in [0, 0.1) is 0 Å². The zero-order chi connectivity index (χ0) is 19.2. The molecule has 0 spiro atoms. The molecule has 1 N–H and O–H groups in total. The Bertz CT molecular complexity index is 823. The molecule has 0 fully saturated rings. The highest BCUT2D eigenvalue weighted by Crippen LogP contribution is 2.27. The summed E-state index contributed by atoms with van der Waals surface area (Å²) >= 11 is 0. The fourth-order valence-electron chi connectivity index (χ4n) is 3.19. The first-order valence-electron chi connectivity index (χ1n) is 9.00. The zero-order valence-corrected chi connectivity index (χ0v) is 15.9. The van der Waals surface area contributed by atoms with Crippen LogP contribution in [0.3, 0.4) is 0 Å². The van der Waals surface area contributed by atoms with Crippen molar-refractivity contribution in [1.82, 2.24) is 25.0 Å². The van der Waals surface area contributed by atoms with Crippen LogP contribution in [0.25, 0.3) is 0 Å². The van der Waals surface area contributed by atoms with Crippen molar-refractivity contribution in [3.8, 4) is 0 Å². The lowest BCUT2D eigenvalue weighted by Gasteiger charge is -2.30. The minimum absolute atomic E-state index is 0.0155. The Morgan fingerprint density at radius 3 is 2.11 bits per heavy atom. The Balaban J connectivity index is 1.75. The van der Waals surface area contributed by atoms with Gasteiger partial charge < -0.3 is 9.47 Å². The van der Waals surface area contributed by atoms with E-state index in [4.69, 9.17) is 0 Å². The number of amides is 1. The van der Waals surface area contributed by atoms with Crippen LogP contribution in [0.15, 0.2) is 67.0 Å². The second kappa shape index (κ2) is 8.60. The lowest BCUT2D eigenvalue weighted by atomic mass is 9.97. The molecular formula is C21H25N5O. The summed E-state index contributed by atoms with van der Waals surface area (Å²) in [4.78, 5) is 14.7. The Morgan fingerprint density at radius 1 is 1.07 bits per heavy atom. The number of carbonyl (C=O) groups is 1. The number of rotatable bonds is 7. The van der Waals surface area contributed by atoms with Gasteiger partial charge >= 0.3 is 0 Å². The molecule has 0 aliphatic rings. The molecule has 6 heteroatoms. The number of nitrogens with zero attached hydrogens (tertiary/aromatic N) is 4. The number of carbonyl (C=O) groups excluding carboxylic acids is 1. The molecule has 0 aliphatic heterocycles. The van der Waals surface area contributed by atoms with Crippen molar-refractivity contribution in [2.45, 2.75) is 19.0 Å². The van der Waals surface area contributed by atoms with Gasteiger partial charge in [0, 0.05) is 14.1 Å². The monoisotopic (exact) mass is 363 g/mol. The van der Waals surface area contributed by atoms with Crippen LogP contribution in [0.4, 0.5) is 0 Å². The van der Waals surface area contributed by atoms with E-state index in [2.05, 4.69) is 39.8 Å². The standard InChI is InChI=1S/C21H25N5O/c1-16(21-24-23-15-25(21)2)22-14-19(27)26(3)20(17-10-6-4-7-11-17)18-12-8-5-9-13-18/h4-13,15-16,20,22H,14H2,1-3H3. The predicted molar refractivity (Wildman–Crippen MR) is 105 cm³/mol. The molecule has 0 saturated carbocycles. The van der Waals surface area contributed by atoms with E-state index < -0.39 is 0 Å². The van der Waals surface area contributed by atoms with Crippen molar-refractivity contribution >= 4 is 5.91 Å². The maximum atomic E-state index is 12.9. The van der Waals surface area contributed by atoms with Crippen molar-refractivity contribution in [2.75, 3.05) is 13.6 Å². The van der Waals surface area contributed by atoms with Gasteiger partial charge in [-0.3, -0.25) is 10.1 Å². The highest BCUT2D eigenvalue weighted by Gasteiger charge is 2.24. The van der Waals surface area contributed by atoms with E-state index in [1.807, 2.05) is 62.0 Å². The van der Waals surface area contributed by atoms with E-state index in [9.17, 15) is 4.79 Å². The number of hydrogen-bond donors (Lipinski definition) is 1. The normalized spacial score (nSPS) is 12.1. The average molecular weight is 363 g/mol. The highest BCUT2D eigenvalue weighted by atomic mass is 16.2. The van der Waals surface area contributed by atoms with Crippen LogP contribution >= 0.6 is 0 Å². The van der Waals surface area contributed by atoms with E-state index in [-0.39, 0.29) is 24.5 Å². The summed E-state index contributed by atoms with van der Waals surface area (Å²) in [5.41, 5.74) is 2.17. The quantitative estimate of drug-likeness (QED) is 0.701. The SMILES string of the molecule is CC(NCC(=O)N(C)C(c1ccccc1)c1ccccc1)c1nncn1C. The van der Waals surface area contributed by atoms with Crippen molar-refractivity contribution in [3.63, 3.8) is 0 Å². The summed E-state index contributed by atoms with van der Waals surface area (Å²) in [5, 5.41) is 11.2. The fraction of sp³-hybridized carbons (Fsp3) is 0.286. The maximum absolute atomic E-state index is 12.9. The summed E-state index contributed by atoms with van der Waals surface area (Å²) in [6, 6.07) is 20.0. The second-order valence-electron chi connectivity index (χ2n) is 6.63. The number of hydrogen-bond acceptors (Lipinski definition) is 4. The number of aryl methyl sites for hydroxylation is 1. The van der Waals surface area contributed by atoms with Crippen LogP contribution in [0.1, 0.15) is 36.0 Å². The molecule has 1 aromatic heterocycles. The van der Waals surface area contributed by atoms with Gasteiger partial charge in [0.1, 0.15) is 12.2 Å². The highest BCUT2D eigenvalue weighted by molar-refractivity contribution is 5.79. The molecule has 1 amide bonds. The lowest BCUT2D eigenvalue weighted by molar-refractivity contribution is -0.130. The minimum atomic E-state index is -0.133. The molecule has 0 saturated heterocycles. The van der Waals surface area contributed by atoms with Gasteiger partial charge in [-0.15, -0.1) is 10.2 Å². The summed E-state index contributed by atoms with van der Waals surface area (Å²) in [7, 11) is 3.74. The van der Waals surface area contributed by atoms with E-state index >= 15 is 0 Å². The topological polar surface area (TPSA) is 63.1 Å². The van der Waals surface area contributed by atoms with Gasteiger partial charge in [-0.25, -0.2) is 0 Å². The van der Waals surface area contributed by atoms with Gasteiger partial charge in [-0.1, -0.05) is 60.7 Å². The molecule has 1 heterocycles. The summed E-state index contributed by atoms with van der Waals surface area (Å²) in [5.74, 6) is 0.815. The molecule has 3 rings (SSSR count). The third-order valence-electron chi connectivity index (χ3n) is 4.70. The first-order valence-corrected chi connectivity index (χ1v) is 9.00. The largest absolute Gasteiger partial charge is 0.334 e. The van der Waals surface area contributed by atoms with Crippen LogP contribution in [0.2, 0.25) is 0 Å². The zero-order valence-electron chi connectivity index (χ0n) is 15.9. The Morgan fingerprint density at radius 2 is 1.63 bits per heavy atom. The molecule has 140 valence electrons. The van der Waals surface area contributed by atoms with Crippen molar-refractivity contribution in [3.05, 3.63) is 83.9 Å².